The number of oxazole rings is 1. The molecule has 1 saturated heterocycles. The fraction of sp³-hybridized carbons (Fsp3) is 0.304. The number of furan rings is 1. The summed E-state index contributed by atoms with van der Waals surface area (Å²) in [5.41, 5.74) is 1.09. The number of benzene rings is 1. The van der Waals surface area contributed by atoms with Crippen molar-refractivity contribution in [2.45, 2.75) is 13.0 Å². The second-order valence-corrected chi connectivity index (χ2v) is 7.63. The van der Waals surface area contributed by atoms with Crippen LogP contribution in [0.3, 0.4) is 0 Å². The molecule has 0 radical (unpaired) electrons. The van der Waals surface area contributed by atoms with Crippen LogP contribution in [0.2, 0.25) is 0 Å². The number of nitrogens with zero attached hydrogens (tertiary/aromatic N) is 6. The van der Waals surface area contributed by atoms with Crippen LogP contribution in [0.15, 0.2) is 55.9 Å². The lowest BCUT2D eigenvalue weighted by molar-refractivity contribution is 0.172. The van der Waals surface area contributed by atoms with E-state index < -0.39 is 0 Å². The molecule has 4 heterocycles. The molecular weight excluding hydrogens is 424 g/mol. The largest absolute Gasteiger partial charge is 0.497 e. The van der Waals surface area contributed by atoms with Gasteiger partial charge in [-0.2, -0.15) is 10.2 Å². The lowest BCUT2D eigenvalue weighted by Crippen LogP contribution is -2.47. The van der Waals surface area contributed by atoms with E-state index in [1.54, 1.807) is 25.5 Å². The lowest BCUT2D eigenvalue weighted by Gasteiger charge is -2.36. The van der Waals surface area contributed by atoms with Crippen LogP contribution in [0.4, 0.5) is 5.88 Å². The standard InChI is InChI=1S/C23H22N6O4/c1-15(20-26-27-21(32-20)16-5-7-17(30-2)8-6-16)28-9-11-29(12-10-28)23-18(14-24)25-22(33-23)19-4-3-13-31-19/h3-8,13,15H,9-12H2,1-2H3. The third-order valence-corrected chi connectivity index (χ3v) is 5.73. The molecule has 33 heavy (non-hydrogen) atoms. The van der Waals surface area contributed by atoms with Crippen molar-refractivity contribution in [3.63, 3.8) is 0 Å². The third kappa shape index (κ3) is 4.06. The summed E-state index contributed by atoms with van der Waals surface area (Å²) >= 11 is 0. The Morgan fingerprint density at radius 3 is 2.48 bits per heavy atom. The van der Waals surface area contributed by atoms with E-state index in [0.717, 1.165) is 24.4 Å². The molecule has 0 aliphatic carbocycles. The number of rotatable bonds is 6. The van der Waals surface area contributed by atoms with E-state index in [4.69, 9.17) is 18.0 Å². The Hall–Kier alpha value is -4.10. The smallest absolute Gasteiger partial charge is 0.266 e. The van der Waals surface area contributed by atoms with Crippen LogP contribution >= 0.6 is 0 Å². The van der Waals surface area contributed by atoms with Crippen LogP contribution < -0.4 is 9.64 Å². The molecule has 1 atom stereocenters. The van der Waals surface area contributed by atoms with Gasteiger partial charge in [-0.25, -0.2) is 0 Å². The lowest BCUT2D eigenvalue weighted by atomic mass is 10.2. The first-order valence-corrected chi connectivity index (χ1v) is 10.6. The fourth-order valence-corrected chi connectivity index (χ4v) is 3.83. The van der Waals surface area contributed by atoms with E-state index in [9.17, 15) is 5.26 Å². The summed E-state index contributed by atoms with van der Waals surface area (Å²) in [7, 11) is 1.63. The highest BCUT2D eigenvalue weighted by molar-refractivity contribution is 5.56. The van der Waals surface area contributed by atoms with Crippen molar-refractivity contribution in [2.24, 2.45) is 0 Å². The van der Waals surface area contributed by atoms with Gasteiger partial charge in [0, 0.05) is 31.7 Å². The SMILES string of the molecule is COc1ccc(-c2nnc(C(C)N3CCN(c4oc(-c5ccco5)nc4C#N)CC3)o2)cc1. The summed E-state index contributed by atoms with van der Waals surface area (Å²) in [5, 5.41) is 18.0. The number of anilines is 1. The first-order valence-electron chi connectivity index (χ1n) is 10.6. The van der Waals surface area contributed by atoms with Crippen molar-refractivity contribution < 1.29 is 18.0 Å². The van der Waals surface area contributed by atoms with Crippen molar-refractivity contribution in [1.82, 2.24) is 20.1 Å². The molecule has 10 heteroatoms. The Labute approximate surface area is 190 Å². The van der Waals surface area contributed by atoms with Crippen molar-refractivity contribution in [3.05, 3.63) is 54.2 Å². The summed E-state index contributed by atoms with van der Waals surface area (Å²) < 4.78 is 22.4. The summed E-state index contributed by atoms with van der Waals surface area (Å²) in [6.07, 6.45) is 1.54. The zero-order valence-electron chi connectivity index (χ0n) is 18.3. The summed E-state index contributed by atoms with van der Waals surface area (Å²) in [5.74, 6) is 3.08. The zero-order valence-corrected chi connectivity index (χ0v) is 18.3. The highest BCUT2D eigenvalue weighted by Crippen LogP contribution is 2.31. The molecule has 10 nitrogen and oxygen atoms in total. The van der Waals surface area contributed by atoms with Gasteiger partial charge in [0.25, 0.3) is 5.89 Å². The zero-order chi connectivity index (χ0) is 22.8. The number of piperazine rings is 1. The monoisotopic (exact) mass is 446 g/mol. The molecule has 0 bridgehead atoms. The molecule has 0 amide bonds. The van der Waals surface area contributed by atoms with E-state index in [2.05, 4.69) is 26.2 Å². The molecule has 0 N–H and O–H groups in total. The molecule has 1 aromatic carbocycles. The van der Waals surface area contributed by atoms with Crippen LogP contribution in [0.1, 0.15) is 24.6 Å². The van der Waals surface area contributed by atoms with Gasteiger partial charge in [-0.05, 0) is 43.3 Å². The Balaban J connectivity index is 1.25. The van der Waals surface area contributed by atoms with E-state index >= 15 is 0 Å². The molecule has 1 unspecified atom stereocenters. The predicted octanol–water partition coefficient (Wildman–Crippen LogP) is 3.75. The molecule has 5 rings (SSSR count). The minimum atomic E-state index is -0.0458. The van der Waals surface area contributed by atoms with Crippen molar-refractivity contribution in [1.29, 1.82) is 5.26 Å². The quantitative estimate of drug-likeness (QED) is 0.433. The third-order valence-electron chi connectivity index (χ3n) is 5.73. The highest BCUT2D eigenvalue weighted by Gasteiger charge is 2.29. The number of aromatic nitrogens is 3. The highest BCUT2D eigenvalue weighted by atomic mass is 16.5. The number of hydrogen-bond acceptors (Lipinski definition) is 10. The van der Waals surface area contributed by atoms with E-state index in [1.165, 1.54) is 0 Å². The normalized spacial score (nSPS) is 15.4. The first kappa shape index (κ1) is 20.8. The second-order valence-electron chi connectivity index (χ2n) is 7.63. The van der Waals surface area contributed by atoms with Crippen molar-refractivity contribution in [3.8, 4) is 34.9 Å². The second kappa shape index (κ2) is 8.80. The van der Waals surface area contributed by atoms with Crippen LogP contribution in [0, 0.1) is 11.3 Å². The van der Waals surface area contributed by atoms with Crippen molar-refractivity contribution in [2.75, 3.05) is 38.2 Å². The predicted molar refractivity (Wildman–Crippen MR) is 117 cm³/mol. The van der Waals surface area contributed by atoms with Crippen LogP contribution in [0.25, 0.3) is 23.1 Å². The van der Waals surface area contributed by atoms with E-state index in [0.29, 0.717) is 42.4 Å². The maximum Gasteiger partial charge on any atom is 0.266 e. The van der Waals surface area contributed by atoms with Crippen LogP contribution in [-0.2, 0) is 0 Å². The summed E-state index contributed by atoms with van der Waals surface area (Å²) in [6, 6.07) is 13.1. The van der Waals surface area contributed by atoms with Gasteiger partial charge in [0.2, 0.25) is 23.4 Å². The van der Waals surface area contributed by atoms with Crippen molar-refractivity contribution >= 4 is 5.88 Å². The van der Waals surface area contributed by atoms with Gasteiger partial charge >= 0.3 is 0 Å². The fourth-order valence-electron chi connectivity index (χ4n) is 3.83. The molecule has 0 spiro atoms. The van der Waals surface area contributed by atoms with Gasteiger partial charge in [-0.1, -0.05) is 0 Å². The first-order chi connectivity index (χ1) is 16.2. The van der Waals surface area contributed by atoms with Gasteiger partial charge in [-0.15, -0.1) is 10.2 Å². The van der Waals surface area contributed by atoms with Gasteiger partial charge in [-0.3, -0.25) is 4.90 Å². The average Bonchev–Trinajstić information content (AvgIpc) is 3.64. The molecule has 168 valence electrons. The Morgan fingerprint density at radius 2 is 1.82 bits per heavy atom. The topological polar surface area (TPSA) is 118 Å². The molecule has 1 aliphatic rings. The van der Waals surface area contributed by atoms with Crippen LogP contribution in [-0.4, -0.2) is 53.4 Å². The minimum absolute atomic E-state index is 0.0458. The average molecular weight is 446 g/mol. The number of methoxy groups -OCH3 is 1. The Morgan fingerprint density at radius 1 is 1.03 bits per heavy atom. The van der Waals surface area contributed by atoms with Gasteiger partial charge < -0.3 is 22.9 Å². The molecule has 1 fully saturated rings. The Bertz CT molecular complexity index is 1250. The number of nitriles is 1. The van der Waals surface area contributed by atoms with E-state index in [-0.39, 0.29) is 11.7 Å². The number of hydrogen-bond donors (Lipinski definition) is 0. The van der Waals surface area contributed by atoms with Gasteiger partial charge in [0.15, 0.2) is 5.76 Å². The molecule has 4 aromatic rings. The number of ether oxygens (including phenoxy) is 1. The maximum atomic E-state index is 9.50. The maximum absolute atomic E-state index is 9.50. The molecule has 1 aliphatic heterocycles. The summed E-state index contributed by atoms with van der Waals surface area (Å²) in [4.78, 5) is 8.56. The Kier molecular flexibility index (Phi) is 5.54. The minimum Gasteiger partial charge on any atom is -0.497 e. The van der Waals surface area contributed by atoms with E-state index in [1.807, 2.05) is 36.1 Å². The van der Waals surface area contributed by atoms with Gasteiger partial charge in [0.1, 0.15) is 11.8 Å². The molecule has 3 aromatic heterocycles. The summed E-state index contributed by atoms with van der Waals surface area (Å²) in [6.45, 7) is 4.87. The molecule has 0 saturated carbocycles. The van der Waals surface area contributed by atoms with Crippen LogP contribution in [0.5, 0.6) is 5.75 Å². The van der Waals surface area contributed by atoms with Gasteiger partial charge in [0.05, 0.1) is 19.4 Å². The molecular formula is C23H22N6O4.